The summed E-state index contributed by atoms with van der Waals surface area (Å²) in [6, 6.07) is 8.39. The topological polar surface area (TPSA) is 58.6 Å². The molecule has 0 radical (unpaired) electrons. The Labute approximate surface area is 173 Å². The van der Waals surface area contributed by atoms with Gasteiger partial charge in [0.2, 0.25) is 5.60 Å². The minimum absolute atomic E-state index is 0.0156. The van der Waals surface area contributed by atoms with Crippen molar-refractivity contribution < 1.29 is 27.8 Å². The fourth-order valence-electron chi connectivity index (χ4n) is 3.28. The highest BCUT2D eigenvalue weighted by Gasteiger charge is 2.61. The van der Waals surface area contributed by atoms with Crippen molar-refractivity contribution >= 4 is 21.8 Å². The van der Waals surface area contributed by atoms with E-state index in [1.807, 2.05) is 0 Å². The molecule has 29 heavy (non-hydrogen) atoms. The molecular formula is C21H17BrF3NO3. The summed E-state index contributed by atoms with van der Waals surface area (Å²) >= 11 is 3.27. The molecule has 2 aromatic carbocycles. The second-order valence-corrected chi connectivity index (χ2v) is 7.22. The fourth-order valence-corrected chi connectivity index (χ4v) is 3.93. The first-order valence-electron chi connectivity index (χ1n) is 8.58. The highest BCUT2D eigenvalue weighted by atomic mass is 79.9. The summed E-state index contributed by atoms with van der Waals surface area (Å²) in [4.78, 5) is 12.0. The van der Waals surface area contributed by atoms with E-state index >= 15 is 0 Å². The Kier molecular flexibility index (Phi) is 5.60. The van der Waals surface area contributed by atoms with Gasteiger partial charge in [0.25, 0.3) is 5.91 Å². The van der Waals surface area contributed by atoms with Gasteiger partial charge in [0.15, 0.2) is 6.61 Å². The van der Waals surface area contributed by atoms with Crippen molar-refractivity contribution in [1.82, 2.24) is 5.32 Å². The molecule has 152 valence electrons. The van der Waals surface area contributed by atoms with Crippen LogP contribution in [0.25, 0.3) is 11.1 Å². The molecule has 0 saturated heterocycles. The lowest BCUT2D eigenvalue weighted by Gasteiger charge is -2.28. The molecule has 1 aliphatic carbocycles. The van der Waals surface area contributed by atoms with Gasteiger partial charge in [-0.1, -0.05) is 52.9 Å². The minimum atomic E-state index is -4.95. The van der Waals surface area contributed by atoms with Crippen molar-refractivity contribution in [2.24, 2.45) is 0 Å². The number of amides is 1. The fraction of sp³-hybridized carbons (Fsp3) is 0.190. The molecule has 0 heterocycles. The van der Waals surface area contributed by atoms with Crippen LogP contribution in [0, 0.1) is 0 Å². The zero-order valence-electron chi connectivity index (χ0n) is 15.3. The van der Waals surface area contributed by atoms with Crippen LogP contribution in [-0.2, 0) is 10.4 Å². The quantitative estimate of drug-likeness (QED) is 0.620. The van der Waals surface area contributed by atoms with E-state index in [9.17, 15) is 23.1 Å². The molecule has 0 saturated carbocycles. The number of benzene rings is 2. The number of allylic oxidation sites excluding steroid dienone is 2. The summed E-state index contributed by atoms with van der Waals surface area (Å²) in [6.45, 7) is 4.84. The maximum Gasteiger partial charge on any atom is 0.425 e. The lowest BCUT2D eigenvalue weighted by molar-refractivity contribution is -0.246. The van der Waals surface area contributed by atoms with Crippen molar-refractivity contribution in [3.8, 4) is 16.9 Å². The van der Waals surface area contributed by atoms with Gasteiger partial charge in [-0.3, -0.25) is 4.79 Å². The molecule has 1 aliphatic rings. The van der Waals surface area contributed by atoms with E-state index < -0.39 is 24.3 Å². The van der Waals surface area contributed by atoms with Crippen LogP contribution in [0.2, 0.25) is 0 Å². The minimum Gasteiger partial charge on any atom is -0.484 e. The third-order valence-electron chi connectivity index (χ3n) is 4.63. The first-order valence-corrected chi connectivity index (χ1v) is 9.37. The number of carbonyl (C=O) groups is 1. The van der Waals surface area contributed by atoms with Gasteiger partial charge < -0.3 is 15.2 Å². The van der Waals surface area contributed by atoms with Crippen LogP contribution in [0.5, 0.6) is 5.75 Å². The first-order chi connectivity index (χ1) is 13.6. The number of rotatable bonds is 5. The molecule has 2 N–H and O–H groups in total. The molecule has 4 nitrogen and oxygen atoms in total. The second-order valence-electron chi connectivity index (χ2n) is 6.37. The van der Waals surface area contributed by atoms with Crippen molar-refractivity contribution in [2.75, 3.05) is 6.61 Å². The first kappa shape index (κ1) is 21.1. The van der Waals surface area contributed by atoms with E-state index in [4.69, 9.17) is 4.74 Å². The second kappa shape index (κ2) is 7.68. The van der Waals surface area contributed by atoms with Crippen LogP contribution in [-0.4, -0.2) is 23.8 Å². The van der Waals surface area contributed by atoms with Crippen LogP contribution in [0.1, 0.15) is 18.1 Å². The lowest BCUT2D eigenvalue weighted by Crippen LogP contribution is -2.41. The molecule has 0 aliphatic heterocycles. The highest BCUT2D eigenvalue weighted by molar-refractivity contribution is 9.10. The number of halogens is 4. The van der Waals surface area contributed by atoms with Gasteiger partial charge >= 0.3 is 6.18 Å². The Balaban J connectivity index is 1.98. The predicted octanol–water partition coefficient (Wildman–Crippen LogP) is 4.81. The van der Waals surface area contributed by atoms with Crippen molar-refractivity contribution in [3.63, 3.8) is 0 Å². The molecule has 2 aromatic rings. The van der Waals surface area contributed by atoms with E-state index in [1.165, 1.54) is 30.3 Å². The SMILES string of the molecule is C=CC(=CC)NC(=O)COc1cc(Br)c2c(c1)C(O)(C(F)(F)F)c1ccccc1-2. The number of nitrogens with one attached hydrogen (secondary N) is 1. The highest BCUT2D eigenvalue weighted by Crippen LogP contribution is 2.57. The smallest absolute Gasteiger partial charge is 0.425 e. The molecule has 8 heteroatoms. The number of hydrogen-bond donors (Lipinski definition) is 2. The summed E-state index contributed by atoms with van der Waals surface area (Å²) in [7, 11) is 0. The third-order valence-corrected chi connectivity index (χ3v) is 5.26. The summed E-state index contributed by atoms with van der Waals surface area (Å²) < 4.78 is 47.5. The Hall–Kier alpha value is -2.58. The van der Waals surface area contributed by atoms with E-state index in [-0.39, 0.29) is 28.0 Å². The maximum atomic E-state index is 13.9. The van der Waals surface area contributed by atoms with Crippen LogP contribution in [0.4, 0.5) is 13.2 Å². The van der Waals surface area contributed by atoms with Crippen LogP contribution < -0.4 is 10.1 Å². The Bertz CT molecular complexity index is 1020. The average Bonchev–Trinajstić information content (AvgIpc) is 2.95. The van der Waals surface area contributed by atoms with E-state index in [0.29, 0.717) is 10.2 Å². The molecule has 1 unspecified atom stereocenters. The van der Waals surface area contributed by atoms with Crippen molar-refractivity contribution in [2.45, 2.75) is 18.7 Å². The molecule has 1 amide bonds. The van der Waals surface area contributed by atoms with Gasteiger partial charge in [0.1, 0.15) is 5.75 Å². The predicted molar refractivity (Wildman–Crippen MR) is 106 cm³/mol. The zero-order valence-corrected chi connectivity index (χ0v) is 16.9. The molecule has 1 atom stereocenters. The number of ether oxygens (including phenoxy) is 1. The third kappa shape index (κ3) is 3.58. The summed E-state index contributed by atoms with van der Waals surface area (Å²) in [5.41, 5.74) is -2.78. The summed E-state index contributed by atoms with van der Waals surface area (Å²) in [5, 5.41) is 13.3. The summed E-state index contributed by atoms with van der Waals surface area (Å²) in [5.74, 6) is -0.481. The number of alkyl halides is 3. The van der Waals surface area contributed by atoms with Gasteiger partial charge in [-0.25, -0.2) is 0 Å². The van der Waals surface area contributed by atoms with Gasteiger partial charge in [0, 0.05) is 26.9 Å². The lowest BCUT2D eigenvalue weighted by atomic mass is 9.90. The van der Waals surface area contributed by atoms with E-state index in [2.05, 4.69) is 27.8 Å². The van der Waals surface area contributed by atoms with Gasteiger partial charge in [-0.2, -0.15) is 13.2 Å². The van der Waals surface area contributed by atoms with E-state index in [1.54, 1.807) is 19.1 Å². The summed E-state index contributed by atoms with van der Waals surface area (Å²) in [6.07, 6.45) is -1.86. The Morgan fingerprint density at radius 2 is 2.00 bits per heavy atom. The molecule has 0 aromatic heterocycles. The molecule has 0 bridgehead atoms. The largest absolute Gasteiger partial charge is 0.484 e. The number of fused-ring (bicyclic) bond motifs is 3. The van der Waals surface area contributed by atoms with Crippen molar-refractivity contribution in [1.29, 1.82) is 0 Å². The van der Waals surface area contributed by atoms with Gasteiger partial charge in [-0.05, 0) is 30.7 Å². The van der Waals surface area contributed by atoms with Gasteiger partial charge in [-0.15, -0.1) is 0 Å². The van der Waals surface area contributed by atoms with Crippen LogP contribution in [0.15, 0.2) is 65.3 Å². The average molecular weight is 468 g/mol. The molecule has 0 spiro atoms. The molecular weight excluding hydrogens is 451 g/mol. The number of aliphatic hydroxyl groups is 1. The Morgan fingerprint density at radius 1 is 1.31 bits per heavy atom. The van der Waals surface area contributed by atoms with Crippen LogP contribution >= 0.6 is 15.9 Å². The number of hydrogen-bond acceptors (Lipinski definition) is 3. The molecule has 3 rings (SSSR count). The van der Waals surface area contributed by atoms with Crippen LogP contribution in [0.3, 0.4) is 0 Å². The Morgan fingerprint density at radius 3 is 2.62 bits per heavy atom. The van der Waals surface area contributed by atoms with Gasteiger partial charge in [0.05, 0.1) is 0 Å². The maximum absolute atomic E-state index is 13.9. The zero-order chi connectivity index (χ0) is 21.4. The van der Waals surface area contributed by atoms with Crippen molar-refractivity contribution in [3.05, 3.63) is 76.4 Å². The number of carbonyl (C=O) groups excluding carboxylic acids is 1. The normalized spacial score (nSPS) is 18.1. The molecule has 0 fully saturated rings. The monoisotopic (exact) mass is 467 g/mol. The van der Waals surface area contributed by atoms with E-state index in [0.717, 1.165) is 6.07 Å². The standard InChI is InChI=1S/C21H17BrF3NO3/c1-3-12(4-2)26-18(27)11-29-13-9-16-19(17(22)10-13)14-7-5-6-8-15(14)20(16,28)21(23,24)25/h3-10,28H,1,11H2,2H3,(H,26,27).